The van der Waals surface area contributed by atoms with Gasteiger partial charge in [-0.15, -0.1) is 0 Å². The topological polar surface area (TPSA) is 107 Å². The van der Waals surface area contributed by atoms with Crippen LogP contribution in [0.25, 0.3) is 0 Å². The number of benzene rings is 2. The summed E-state index contributed by atoms with van der Waals surface area (Å²) in [5.41, 5.74) is 1.91. The van der Waals surface area contributed by atoms with Gasteiger partial charge in [0.2, 0.25) is 0 Å². The van der Waals surface area contributed by atoms with E-state index in [1.54, 1.807) is 30.3 Å². The lowest BCUT2D eigenvalue weighted by molar-refractivity contribution is -0.355. The summed E-state index contributed by atoms with van der Waals surface area (Å²) in [6, 6.07) is 14.2. The average Bonchev–Trinajstić information content (AvgIpc) is 3.10. The van der Waals surface area contributed by atoms with Crippen LogP contribution in [-0.2, 0) is 11.4 Å². The number of carbonyl (C=O) groups excluding carboxylic acids is 1. The van der Waals surface area contributed by atoms with Crippen LogP contribution in [0.5, 0.6) is 0 Å². The van der Waals surface area contributed by atoms with E-state index in [-0.39, 0.29) is 12.3 Å². The van der Waals surface area contributed by atoms with Gasteiger partial charge in [0, 0.05) is 12.2 Å². The van der Waals surface area contributed by atoms with Gasteiger partial charge in [0.1, 0.15) is 0 Å². The number of oxime groups is 1. The molecule has 0 spiro atoms. The normalized spacial score (nSPS) is 18.4. The van der Waals surface area contributed by atoms with Crippen LogP contribution in [0.1, 0.15) is 23.1 Å². The molecule has 2 aromatic carbocycles. The molecule has 10 heteroatoms. The first-order valence-corrected chi connectivity index (χ1v) is 8.39. The van der Waals surface area contributed by atoms with Gasteiger partial charge in [-0.1, -0.05) is 35.5 Å². The zero-order chi connectivity index (χ0) is 21.1. The third-order valence-electron chi connectivity index (χ3n) is 4.15. The molecule has 2 aromatic rings. The van der Waals surface area contributed by atoms with Crippen molar-refractivity contribution in [3.05, 3.63) is 65.2 Å². The Morgan fingerprint density at radius 3 is 2.62 bits per heavy atom. The van der Waals surface area contributed by atoms with Gasteiger partial charge >= 0.3 is 18.0 Å². The number of anilines is 1. The van der Waals surface area contributed by atoms with E-state index < -0.39 is 24.4 Å². The van der Waals surface area contributed by atoms with E-state index in [2.05, 4.69) is 20.6 Å². The number of halogens is 3. The van der Waals surface area contributed by atoms with E-state index >= 15 is 0 Å². The molecule has 150 valence electrons. The number of rotatable bonds is 4. The Bertz CT molecular complexity index is 983. The van der Waals surface area contributed by atoms with Gasteiger partial charge in [-0.2, -0.15) is 18.4 Å². The molecule has 1 aliphatic heterocycles. The first kappa shape index (κ1) is 20.2. The fourth-order valence-electron chi connectivity index (χ4n) is 2.57. The van der Waals surface area contributed by atoms with Crippen LogP contribution in [0.15, 0.2) is 53.7 Å². The minimum absolute atomic E-state index is 0.0283. The number of aliphatic hydroxyl groups is 1. The first-order valence-electron chi connectivity index (χ1n) is 8.39. The summed E-state index contributed by atoms with van der Waals surface area (Å²) < 4.78 is 38.3. The molecular formula is C19H15F3N4O3. The maximum absolute atomic E-state index is 12.8. The van der Waals surface area contributed by atoms with Gasteiger partial charge in [0.05, 0.1) is 23.8 Å². The second-order valence-electron chi connectivity index (χ2n) is 6.29. The molecule has 1 heterocycles. The predicted octanol–water partition coefficient (Wildman–Crippen LogP) is 3.26. The number of amides is 2. The fraction of sp³-hybridized carbons (Fsp3) is 0.211. The van der Waals surface area contributed by atoms with Gasteiger partial charge in [-0.05, 0) is 29.3 Å². The molecule has 1 atom stereocenters. The molecule has 1 aliphatic rings. The molecule has 29 heavy (non-hydrogen) atoms. The molecule has 0 saturated carbocycles. The van der Waals surface area contributed by atoms with Gasteiger partial charge in [0.25, 0.3) is 0 Å². The highest BCUT2D eigenvalue weighted by Gasteiger charge is 2.60. The zero-order valence-corrected chi connectivity index (χ0v) is 14.8. The van der Waals surface area contributed by atoms with Crippen molar-refractivity contribution in [2.45, 2.75) is 24.9 Å². The Balaban J connectivity index is 1.55. The van der Waals surface area contributed by atoms with E-state index in [1.165, 1.54) is 18.2 Å². The Labute approximate surface area is 163 Å². The number of nitrogens with one attached hydrogen (secondary N) is 2. The summed E-state index contributed by atoms with van der Waals surface area (Å²) in [5.74, 6) is -3.32. The third kappa shape index (κ3) is 4.64. The number of hydrogen-bond acceptors (Lipinski definition) is 5. The number of hydrogen-bond donors (Lipinski definition) is 3. The lowest BCUT2D eigenvalue weighted by Gasteiger charge is -2.22. The monoisotopic (exact) mass is 404 g/mol. The Morgan fingerprint density at radius 1 is 1.28 bits per heavy atom. The van der Waals surface area contributed by atoms with Gasteiger partial charge in [-0.3, -0.25) is 0 Å². The van der Waals surface area contributed by atoms with Crippen LogP contribution in [-0.4, -0.2) is 28.8 Å². The summed E-state index contributed by atoms with van der Waals surface area (Å²) >= 11 is 0. The molecule has 2 amide bonds. The summed E-state index contributed by atoms with van der Waals surface area (Å²) in [6.45, 7) is 0.166. The van der Waals surface area contributed by atoms with E-state index in [4.69, 9.17) is 5.26 Å². The largest absolute Gasteiger partial charge is 0.458 e. The fourth-order valence-corrected chi connectivity index (χ4v) is 2.57. The molecule has 7 nitrogen and oxygen atoms in total. The molecule has 1 unspecified atom stereocenters. The van der Waals surface area contributed by atoms with Crippen molar-refractivity contribution in [2.75, 3.05) is 5.32 Å². The molecule has 0 aromatic heterocycles. The van der Waals surface area contributed by atoms with Crippen molar-refractivity contribution >= 4 is 17.4 Å². The molecule has 0 fully saturated rings. The first-order chi connectivity index (χ1) is 13.7. The molecule has 0 radical (unpaired) electrons. The molecule has 3 rings (SSSR count). The van der Waals surface area contributed by atoms with Crippen molar-refractivity contribution in [1.82, 2.24) is 5.32 Å². The number of carbonyl (C=O) groups is 1. The highest BCUT2D eigenvalue weighted by atomic mass is 19.4. The van der Waals surface area contributed by atoms with E-state index in [0.717, 1.165) is 0 Å². The highest BCUT2D eigenvalue weighted by molar-refractivity contribution is 6.01. The number of nitrogens with zero attached hydrogens (tertiary/aromatic N) is 2. The van der Waals surface area contributed by atoms with E-state index in [0.29, 0.717) is 22.4 Å². The number of alkyl halides is 3. The quantitative estimate of drug-likeness (QED) is 0.727. The SMILES string of the molecule is N#Cc1cccc(NC(=O)NCc2ccc(C3=NOC(O)(C(F)(F)F)C3)cc2)c1. The highest BCUT2D eigenvalue weighted by Crippen LogP contribution is 2.38. The maximum Gasteiger partial charge on any atom is 0.458 e. The second kappa shape index (κ2) is 7.81. The maximum atomic E-state index is 12.8. The van der Waals surface area contributed by atoms with Gasteiger partial charge in [0.15, 0.2) is 0 Å². The van der Waals surface area contributed by atoms with Crippen molar-refractivity contribution in [3.8, 4) is 6.07 Å². The molecule has 0 saturated heterocycles. The van der Waals surface area contributed by atoms with Crippen LogP contribution in [0.3, 0.4) is 0 Å². The van der Waals surface area contributed by atoms with Crippen LogP contribution < -0.4 is 10.6 Å². The number of urea groups is 1. The summed E-state index contributed by atoms with van der Waals surface area (Å²) in [5, 5.41) is 26.9. The predicted molar refractivity (Wildman–Crippen MR) is 96.7 cm³/mol. The standard InChI is InChI=1S/C19H15F3N4O3/c20-19(21,22)18(28)9-16(26-29-18)14-6-4-12(5-7-14)11-24-17(27)25-15-3-1-2-13(8-15)10-23/h1-8,28H,9,11H2,(H2,24,25,27). The molecule has 3 N–H and O–H groups in total. The number of nitriles is 1. The molecular weight excluding hydrogens is 389 g/mol. The van der Waals surface area contributed by atoms with Crippen LogP contribution in [0.4, 0.5) is 23.7 Å². The Kier molecular flexibility index (Phi) is 5.43. The summed E-state index contributed by atoms with van der Waals surface area (Å²) in [6.07, 6.45) is -5.76. The van der Waals surface area contributed by atoms with Gasteiger partial charge < -0.3 is 20.6 Å². The molecule has 0 aliphatic carbocycles. The summed E-state index contributed by atoms with van der Waals surface area (Å²) in [4.78, 5) is 16.1. The third-order valence-corrected chi connectivity index (χ3v) is 4.15. The van der Waals surface area contributed by atoms with Crippen LogP contribution in [0, 0.1) is 11.3 Å². The van der Waals surface area contributed by atoms with Crippen molar-refractivity contribution in [3.63, 3.8) is 0 Å². The van der Waals surface area contributed by atoms with Crippen molar-refractivity contribution < 1.29 is 27.9 Å². The molecule has 0 bridgehead atoms. The lowest BCUT2D eigenvalue weighted by Crippen LogP contribution is -2.45. The van der Waals surface area contributed by atoms with Crippen molar-refractivity contribution in [1.29, 1.82) is 5.26 Å². The second-order valence-corrected chi connectivity index (χ2v) is 6.29. The smallest absolute Gasteiger partial charge is 0.350 e. The van der Waals surface area contributed by atoms with Crippen LogP contribution in [0.2, 0.25) is 0 Å². The minimum atomic E-state index is -4.96. The summed E-state index contributed by atoms with van der Waals surface area (Å²) in [7, 11) is 0. The lowest BCUT2D eigenvalue weighted by atomic mass is 10.0. The minimum Gasteiger partial charge on any atom is -0.350 e. The van der Waals surface area contributed by atoms with Crippen molar-refractivity contribution in [2.24, 2.45) is 5.16 Å². The van der Waals surface area contributed by atoms with E-state index in [9.17, 15) is 23.1 Å². The van der Waals surface area contributed by atoms with E-state index in [1.807, 2.05) is 6.07 Å². The zero-order valence-electron chi connectivity index (χ0n) is 14.8. The van der Waals surface area contributed by atoms with Crippen LogP contribution >= 0.6 is 0 Å². The average molecular weight is 404 g/mol. The Morgan fingerprint density at radius 2 is 2.00 bits per heavy atom. The Hall–Kier alpha value is -3.58. The van der Waals surface area contributed by atoms with Gasteiger partial charge in [-0.25, -0.2) is 4.79 Å².